The van der Waals surface area contributed by atoms with Crippen LogP contribution in [0.2, 0.25) is 0 Å². The highest BCUT2D eigenvalue weighted by molar-refractivity contribution is 5.85. The molecule has 0 bridgehead atoms. The third-order valence-electron chi connectivity index (χ3n) is 2.82. The standard InChI is InChI=1S/C9H18N2O.ClH/c1-11-5-3-8(7-11)9-10-4-2-6-12-9;/h8-10H,2-7H2,1H3;1H. The molecule has 1 N–H and O–H groups in total. The Hall–Kier alpha value is 0.170. The van der Waals surface area contributed by atoms with Crippen molar-refractivity contribution in [2.45, 2.75) is 19.1 Å². The van der Waals surface area contributed by atoms with E-state index in [0.717, 1.165) is 19.1 Å². The van der Waals surface area contributed by atoms with Crippen molar-refractivity contribution >= 4 is 12.4 Å². The van der Waals surface area contributed by atoms with Gasteiger partial charge >= 0.3 is 0 Å². The molecule has 0 amide bonds. The van der Waals surface area contributed by atoms with Crippen LogP contribution in [-0.2, 0) is 4.74 Å². The van der Waals surface area contributed by atoms with Gasteiger partial charge in [-0.3, -0.25) is 5.32 Å². The summed E-state index contributed by atoms with van der Waals surface area (Å²) in [5, 5.41) is 3.43. The molecule has 2 heterocycles. The molecule has 0 aromatic heterocycles. The van der Waals surface area contributed by atoms with Gasteiger partial charge in [-0.05, 0) is 33.0 Å². The van der Waals surface area contributed by atoms with Gasteiger partial charge in [-0.1, -0.05) is 0 Å². The number of nitrogens with zero attached hydrogens (tertiary/aromatic N) is 1. The van der Waals surface area contributed by atoms with E-state index in [1.807, 2.05) is 0 Å². The van der Waals surface area contributed by atoms with E-state index in [4.69, 9.17) is 4.74 Å². The lowest BCUT2D eigenvalue weighted by Crippen LogP contribution is -2.44. The van der Waals surface area contributed by atoms with Crippen LogP contribution in [0.25, 0.3) is 0 Å². The van der Waals surface area contributed by atoms with Gasteiger partial charge in [0, 0.05) is 19.1 Å². The first-order valence-corrected chi connectivity index (χ1v) is 4.90. The lowest BCUT2D eigenvalue weighted by atomic mass is 10.1. The minimum absolute atomic E-state index is 0. The zero-order valence-electron chi connectivity index (χ0n) is 8.16. The van der Waals surface area contributed by atoms with Gasteiger partial charge in [0.1, 0.15) is 6.23 Å². The highest BCUT2D eigenvalue weighted by Crippen LogP contribution is 2.20. The second kappa shape index (κ2) is 5.15. The van der Waals surface area contributed by atoms with Crippen LogP contribution in [0.15, 0.2) is 0 Å². The SMILES string of the molecule is CN1CCC(C2NCCCO2)C1.Cl. The van der Waals surface area contributed by atoms with E-state index in [1.165, 1.54) is 25.9 Å². The molecule has 0 aliphatic carbocycles. The zero-order valence-corrected chi connectivity index (χ0v) is 8.98. The van der Waals surface area contributed by atoms with Crippen molar-refractivity contribution in [3.8, 4) is 0 Å². The highest BCUT2D eigenvalue weighted by atomic mass is 35.5. The van der Waals surface area contributed by atoms with E-state index in [-0.39, 0.29) is 12.4 Å². The van der Waals surface area contributed by atoms with Crippen molar-refractivity contribution in [1.29, 1.82) is 0 Å². The van der Waals surface area contributed by atoms with E-state index >= 15 is 0 Å². The molecule has 0 aromatic carbocycles. The maximum Gasteiger partial charge on any atom is 0.112 e. The van der Waals surface area contributed by atoms with Crippen molar-refractivity contribution in [2.75, 3.05) is 33.3 Å². The molecule has 2 fully saturated rings. The third-order valence-corrected chi connectivity index (χ3v) is 2.82. The molecule has 2 rings (SSSR count). The van der Waals surface area contributed by atoms with Crippen molar-refractivity contribution in [1.82, 2.24) is 10.2 Å². The fourth-order valence-electron chi connectivity index (χ4n) is 2.10. The van der Waals surface area contributed by atoms with Crippen LogP contribution in [0.5, 0.6) is 0 Å². The molecule has 0 spiro atoms. The number of rotatable bonds is 1. The molecule has 2 unspecified atom stereocenters. The second-order valence-electron chi connectivity index (χ2n) is 3.91. The highest BCUT2D eigenvalue weighted by Gasteiger charge is 2.29. The quantitative estimate of drug-likeness (QED) is 0.684. The number of hydrogen-bond acceptors (Lipinski definition) is 3. The van der Waals surface area contributed by atoms with Crippen molar-refractivity contribution in [3.63, 3.8) is 0 Å². The van der Waals surface area contributed by atoms with Gasteiger partial charge in [0.05, 0.1) is 0 Å². The van der Waals surface area contributed by atoms with Crippen LogP contribution in [0, 0.1) is 5.92 Å². The van der Waals surface area contributed by atoms with E-state index in [2.05, 4.69) is 17.3 Å². The zero-order chi connectivity index (χ0) is 8.39. The normalized spacial score (nSPS) is 35.8. The van der Waals surface area contributed by atoms with Crippen molar-refractivity contribution in [2.24, 2.45) is 5.92 Å². The summed E-state index contributed by atoms with van der Waals surface area (Å²) in [7, 11) is 2.18. The molecular formula is C9H19ClN2O. The molecular weight excluding hydrogens is 188 g/mol. The average Bonchev–Trinajstić information content (AvgIpc) is 2.54. The number of halogens is 1. The minimum Gasteiger partial charge on any atom is -0.363 e. The maximum atomic E-state index is 5.67. The Labute approximate surface area is 86.2 Å². The molecule has 2 aliphatic rings. The predicted molar refractivity (Wildman–Crippen MR) is 55.2 cm³/mol. The first-order valence-electron chi connectivity index (χ1n) is 4.90. The van der Waals surface area contributed by atoms with Gasteiger partial charge < -0.3 is 9.64 Å². The van der Waals surface area contributed by atoms with E-state index < -0.39 is 0 Å². The smallest absolute Gasteiger partial charge is 0.112 e. The lowest BCUT2D eigenvalue weighted by Gasteiger charge is -2.28. The Bertz CT molecular complexity index is 148. The molecule has 2 saturated heterocycles. The Kier molecular flexibility index (Phi) is 4.46. The first kappa shape index (κ1) is 11.2. The first-order chi connectivity index (χ1) is 5.86. The number of nitrogens with one attached hydrogen (secondary N) is 1. The Morgan fingerprint density at radius 1 is 1.46 bits per heavy atom. The molecule has 4 heteroatoms. The summed E-state index contributed by atoms with van der Waals surface area (Å²) in [6.45, 7) is 4.49. The second-order valence-corrected chi connectivity index (χ2v) is 3.91. The largest absolute Gasteiger partial charge is 0.363 e. The lowest BCUT2D eigenvalue weighted by molar-refractivity contribution is -0.0326. The maximum absolute atomic E-state index is 5.67. The summed E-state index contributed by atoms with van der Waals surface area (Å²) in [4.78, 5) is 2.38. The molecule has 0 saturated carbocycles. The summed E-state index contributed by atoms with van der Waals surface area (Å²) in [5.74, 6) is 0.718. The Morgan fingerprint density at radius 3 is 2.85 bits per heavy atom. The molecule has 13 heavy (non-hydrogen) atoms. The molecule has 78 valence electrons. The number of ether oxygens (including phenoxy) is 1. The summed E-state index contributed by atoms with van der Waals surface area (Å²) >= 11 is 0. The van der Waals surface area contributed by atoms with E-state index in [9.17, 15) is 0 Å². The van der Waals surface area contributed by atoms with Crippen molar-refractivity contribution in [3.05, 3.63) is 0 Å². The Balaban J connectivity index is 0.000000845. The van der Waals surface area contributed by atoms with Crippen LogP contribution in [0.1, 0.15) is 12.8 Å². The topological polar surface area (TPSA) is 24.5 Å². The van der Waals surface area contributed by atoms with Gasteiger partial charge in [-0.15, -0.1) is 12.4 Å². The number of likely N-dealkylation sites (tertiary alicyclic amines) is 1. The van der Waals surface area contributed by atoms with Gasteiger partial charge in [0.25, 0.3) is 0 Å². The van der Waals surface area contributed by atoms with Gasteiger partial charge in [-0.25, -0.2) is 0 Å². The third kappa shape index (κ3) is 2.81. The average molecular weight is 207 g/mol. The van der Waals surface area contributed by atoms with Crippen LogP contribution in [0.3, 0.4) is 0 Å². The summed E-state index contributed by atoms with van der Waals surface area (Å²) in [6.07, 6.45) is 2.79. The molecule has 2 atom stereocenters. The van der Waals surface area contributed by atoms with Gasteiger partial charge in [0.2, 0.25) is 0 Å². The summed E-state index contributed by atoms with van der Waals surface area (Å²) in [5.41, 5.74) is 0. The molecule has 0 radical (unpaired) electrons. The van der Waals surface area contributed by atoms with Crippen LogP contribution in [0.4, 0.5) is 0 Å². The molecule has 3 nitrogen and oxygen atoms in total. The van der Waals surface area contributed by atoms with Gasteiger partial charge in [0.15, 0.2) is 0 Å². The van der Waals surface area contributed by atoms with Crippen LogP contribution >= 0.6 is 12.4 Å². The van der Waals surface area contributed by atoms with Gasteiger partial charge in [-0.2, -0.15) is 0 Å². The van der Waals surface area contributed by atoms with Crippen LogP contribution in [-0.4, -0.2) is 44.4 Å². The van der Waals surface area contributed by atoms with E-state index in [0.29, 0.717) is 6.23 Å². The van der Waals surface area contributed by atoms with Crippen LogP contribution < -0.4 is 5.32 Å². The number of hydrogen-bond donors (Lipinski definition) is 1. The summed E-state index contributed by atoms with van der Waals surface area (Å²) < 4.78 is 5.67. The monoisotopic (exact) mass is 206 g/mol. The fraction of sp³-hybridized carbons (Fsp3) is 1.00. The Morgan fingerprint density at radius 2 is 2.31 bits per heavy atom. The van der Waals surface area contributed by atoms with Crippen molar-refractivity contribution < 1.29 is 4.74 Å². The predicted octanol–water partition coefficient (Wildman–Crippen LogP) is 0.696. The van der Waals surface area contributed by atoms with E-state index in [1.54, 1.807) is 0 Å². The molecule has 2 aliphatic heterocycles. The fourth-order valence-corrected chi connectivity index (χ4v) is 2.10. The molecule has 0 aromatic rings. The minimum atomic E-state index is 0. The summed E-state index contributed by atoms with van der Waals surface area (Å²) in [6, 6.07) is 0.